The van der Waals surface area contributed by atoms with Crippen LogP contribution in [-0.4, -0.2) is 46.2 Å². The number of aromatic amines is 1. The van der Waals surface area contributed by atoms with Gasteiger partial charge in [0.1, 0.15) is 0 Å². The van der Waals surface area contributed by atoms with E-state index in [9.17, 15) is 4.79 Å². The molecule has 0 aliphatic carbocycles. The molecule has 29 heavy (non-hydrogen) atoms. The maximum atomic E-state index is 12.5. The van der Waals surface area contributed by atoms with Gasteiger partial charge in [-0.25, -0.2) is 4.79 Å². The lowest BCUT2D eigenvalue weighted by molar-refractivity contribution is -0.0603. The predicted molar refractivity (Wildman–Crippen MR) is 114 cm³/mol. The molecule has 1 unspecified atom stereocenters. The molecule has 3 heterocycles. The molecular formula is C23H27N4O2. The minimum Gasteiger partial charge on any atom is -0.367 e. The van der Waals surface area contributed by atoms with E-state index in [0.717, 1.165) is 54.8 Å². The van der Waals surface area contributed by atoms with Gasteiger partial charge in [0.15, 0.2) is 0 Å². The van der Waals surface area contributed by atoms with E-state index >= 15 is 0 Å². The van der Waals surface area contributed by atoms with Crippen molar-refractivity contribution in [2.45, 2.75) is 38.0 Å². The van der Waals surface area contributed by atoms with Crippen molar-refractivity contribution in [3.8, 4) is 0 Å². The highest BCUT2D eigenvalue weighted by molar-refractivity contribution is 5.75. The Labute approximate surface area is 170 Å². The average Bonchev–Trinajstić information content (AvgIpc) is 2.98. The van der Waals surface area contributed by atoms with Crippen LogP contribution in [0.4, 0.5) is 5.69 Å². The lowest BCUT2D eigenvalue weighted by atomic mass is 10.0. The van der Waals surface area contributed by atoms with Crippen LogP contribution >= 0.6 is 0 Å². The fourth-order valence-corrected chi connectivity index (χ4v) is 4.68. The summed E-state index contributed by atoms with van der Waals surface area (Å²) in [5.41, 5.74) is 3.85. The molecule has 2 aromatic carbocycles. The van der Waals surface area contributed by atoms with Gasteiger partial charge in [-0.2, -0.15) is 0 Å². The van der Waals surface area contributed by atoms with E-state index in [2.05, 4.69) is 28.9 Å². The number of nitrogens with zero attached hydrogens (tertiary/aromatic N) is 3. The second-order valence-electron chi connectivity index (χ2n) is 8.51. The van der Waals surface area contributed by atoms with Crippen LogP contribution in [-0.2, 0) is 11.3 Å². The van der Waals surface area contributed by atoms with E-state index < -0.39 is 0 Å². The summed E-state index contributed by atoms with van der Waals surface area (Å²) in [6, 6.07) is 16.4. The summed E-state index contributed by atoms with van der Waals surface area (Å²) in [5.74, 6) is 0. The zero-order valence-electron chi connectivity index (χ0n) is 16.8. The number of imidazole rings is 1. The Morgan fingerprint density at radius 1 is 1.14 bits per heavy atom. The Bertz CT molecular complexity index is 1030. The molecule has 1 radical (unpaired) electrons. The Morgan fingerprint density at radius 2 is 1.90 bits per heavy atom. The fraction of sp³-hybridized carbons (Fsp3) is 0.435. The molecule has 1 fully saturated rings. The summed E-state index contributed by atoms with van der Waals surface area (Å²) >= 11 is 0. The number of nitrogens with one attached hydrogen (secondary N) is 1. The monoisotopic (exact) mass is 391 g/mol. The molecule has 1 atom stereocenters. The first-order valence-electron chi connectivity index (χ1n) is 10.4. The molecule has 2 aliphatic rings. The molecule has 0 saturated carbocycles. The van der Waals surface area contributed by atoms with E-state index in [4.69, 9.17) is 10.1 Å². The standard InChI is InChI=1S/C23H27N4O2/c1-23(15-24-19-7-3-2-6-17(19)14-29-23)16-26-12-10-18(11-13-26)27-21-9-5-4-8-20(21)25-22(27)28/h2-9,18H,10-16H2,1H3,(H,25,28). The second kappa shape index (κ2) is 7.35. The maximum Gasteiger partial charge on any atom is 0.326 e. The van der Waals surface area contributed by atoms with Crippen LogP contribution in [0.5, 0.6) is 0 Å². The Morgan fingerprint density at radius 3 is 2.76 bits per heavy atom. The normalized spacial score (nSPS) is 23.5. The summed E-state index contributed by atoms with van der Waals surface area (Å²) in [6.07, 6.45) is 1.93. The zero-order chi connectivity index (χ0) is 19.8. The van der Waals surface area contributed by atoms with Gasteiger partial charge >= 0.3 is 5.69 Å². The third-order valence-corrected chi connectivity index (χ3v) is 6.26. The highest BCUT2D eigenvalue weighted by Gasteiger charge is 2.33. The first-order chi connectivity index (χ1) is 14.1. The molecule has 0 amide bonds. The van der Waals surface area contributed by atoms with Crippen LogP contribution in [0, 0.1) is 0 Å². The van der Waals surface area contributed by atoms with Crippen molar-refractivity contribution >= 4 is 16.7 Å². The smallest absolute Gasteiger partial charge is 0.326 e. The van der Waals surface area contributed by atoms with Gasteiger partial charge in [-0.1, -0.05) is 30.3 Å². The highest BCUT2D eigenvalue weighted by atomic mass is 16.5. The van der Waals surface area contributed by atoms with Gasteiger partial charge in [-0.05, 0) is 38.0 Å². The van der Waals surface area contributed by atoms with E-state index in [-0.39, 0.29) is 17.3 Å². The molecular weight excluding hydrogens is 364 g/mol. The lowest BCUT2D eigenvalue weighted by Gasteiger charge is -2.38. The van der Waals surface area contributed by atoms with Crippen LogP contribution < -0.4 is 11.0 Å². The van der Waals surface area contributed by atoms with Crippen LogP contribution in [0.2, 0.25) is 0 Å². The molecule has 151 valence electrons. The van der Waals surface area contributed by atoms with Gasteiger partial charge in [-0.3, -0.25) is 9.88 Å². The molecule has 3 aromatic rings. The van der Waals surface area contributed by atoms with Crippen molar-refractivity contribution in [2.75, 3.05) is 26.2 Å². The zero-order valence-corrected chi connectivity index (χ0v) is 16.8. The van der Waals surface area contributed by atoms with Crippen LogP contribution in [0.1, 0.15) is 31.4 Å². The highest BCUT2D eigenvalue weighted by Crippen LogP contribution is 2.29. The summed E-state index contributed by atoms with van der Waals surface area (Å²) < 4.78 is 8.25. The average molecular weight is 391 g/mol. The third-order valence-electron chi connectivity index (χ3n) is 6.26. The molecule has 6 heteroatoms. The van der Waals surface area contributed by atoms with Crippen molar-refractivity contribution in [3.05, 3.63) is 64.6 Å². The molecule has 6 nitrogen and oxygen atoms in total. The number of ether oxygens (including phenoxy) is 1. The Balaban J connectivity index is 1.24. The van der Waals surface area contributed by atoms with Crippen molar-refractivity contribution < 1.29 is 4.74 Å². The molecule has 0 bridgehead atoms. The predicted octanol–water partition coefficient (Wildman–Crippen LogP) is 3.19. The maximum absolute atomic E-state index is 12.5. The number of hydrogen-bond donors (Lipinski definition) is 1. The summed E-state index contributed by atoms with van der Waals surface area (Å²) in [6.45, 7) is 6.23. The molecule has 2 aliphatic heterocycles. The minimum atomic E-state index is -0.288. The van der Waals surface area contributed by atoms with Gasteiger partial charge in [0.05, 0.1) is 35.5 Å². The summed E-state index contributed by atoms with van der Waals surface area (Å²) in [7, 11) is 0. The topological polar surface area (TPSA) is 64.4 Å². The number of hydrogen-bond acceptors (Lipinski definition) is 3. The number of H-pyrrole nitrogens is 1. The number of benzene rings is 2. The second-order valence-corrected chi connectivity index (χ2v) is 8.51. The van der Waals surface area contributed by atoms with Crippen LogP contribution in [0.25, 0.3) is 11.0 Å². The van der Waals surface area contributed by atoms with Gasteiger partial charge in [-0.15, -0.1) is 0 Å². The number of likely N-dealkylation sites (tertiary alicyclic amines) is 1. The van der Waals surface area contributed by atoms with E-state index in [0.29, 0.717) is 13.2 Å². The van der Waals surface area contributed by atoms with Gasteiger partial charge in [0, 0.05) is 31.2 Å². The lowest BCUT2D eigenvalue weighted by Crippen LogP contribution is -2.49. The molecule has 1 N–H and O–H groups in total. The first kappa shape index (κ1) is 18.5. The van der Waals surface area contributed by atoms with Gasteiger partial charge in [0.25, 0.3) is 0 Å². The summed E-state index contributed by atoms with van der Waals surface area (Å²) in [5, 5.41) is 4.81. The molecule has 1 saturated heterocycles. The SMILES string of the molecule is CC1(CN2CCC(n3c(=O)[nH]c4ccccc43)CC2)C[N]c2ccccc2CO1. The van der Waals surface area contributed by atoms with E-state index in [1.54, 1.807) is 0 Å². The van der Waals surface area contributed by atoms with E-state index in [1.165, 1.54) is 0 Å². The number of piperidine rings is 1. The number of para-hydroxylation sites is 3. The number of aromatic nitrogens is 2. The Kier molecular flexibility index (Phi) is 4.68. The largest absolute Gasteiger partial charge is 0.367 e. The summed E-state index contributed by atoms with van der Waals surface area (Å²) in [4.78, 5) is 17.9. The van der Waals surface area contributed by atoms with Crippen molar-refractivity contribution in [1.29, 1.82) is 0 Å². The first-order valence-corrected chi connectivity index (χ1v) is 10.4. The van der Waals surface area contributed by atoms with Gasteiger partial charge in [0.2, 0.25) is 0 Å². The van der Waals surface area contributed by atoms with Crippen molar-refractivity contribution in [3.63, 3.8) is 0 Å². The fourth-order valence-electron chi connectivity index (χ4n) is 4.68. The number of fused-ring (bicyclic) bond motifs is 2. The Hall–Kier alpha value is -2.57. The third kappa shape index (κ3) is 3.58. The minimum absolute atomic E-state index is 0.000257. The van der Waals surface area contributed by atoms with Crippen molar-refractivity contribution in [1.82, 2.24) is 19.8 Å². The molecule has 0 spiro atoms. The van der Waals surface area contributed by atoms with Crippen LogP contribution in [0.15, 0.2) is 53.3 Å². The van der Waals surface area contributed by atoms with Crippen molar-refractivity contribution in [2.24, 2.45) is 0 Å². The van der Waals surface area contributed by atoms with E-state index in [1.807, 2.05) is 41.0 Å². The van der Waals surface area contributed by atoms with Crippen LogP contribution in [0.3, 0.4) is 0 Å². The quantitative estimate of drug-likeness (QED) is 0.746. The number of rotatable bonds is 3. The van der Waals surface area contributed by atoms with Gasteiger partial charge < -0.3 is 14.6 Å². The molecule has 1 aromatic heterocycles. The molecule has 5 rings (SSSR count).